The Morgan fingerprint density at radius 2 is 1.39 bits per heavy atom. The standard InChI is InChI=1S/C24H32N8O/c1-20(21-6-3-2-4-7-21)32-22(27-28-23(32)19-30-14-16-33-17-15-30)18-29-10-12-31(13-11-29)24-25-8-5-9-26-24/h2-9,20H,10-19H2,1H3. The van der Waals surface area contributed by atoms with Gasteiger partial charge in [0.2, 0.25) is 5.95 Å². The molecule has 174 valence electrons. The number of nitrogens with zero attached hydrogens (tertiary/aromatic N) is 8. The number of hydrogen-bond donors (Lipinski definition) is 0. The molecule has 0 spiro atoms. The van der Waals surface area contributed by atoms with E-state index in [0.717, 1.165) is 83.2 Å². The molecule has 4 heterocycles. The number of benzene rings is 1. The molecule has 2 fully saturated rings. The number of rotatable bonds is 7. The Kier molecular flexibility index (Phi) is 6.89. The molecule has 9 nitrogen and oxygen atoms in total. The van der Waals surface area contributed by atoms with Gasteiger partial charge in [0.25, 0.3) is 0 Å². The van der Waals surface area contributed by atoms with E-state index in [1.54, 1.807) is 12.4 Å². The van der Waals surface area contributed by atoms with Crippen molar-refractivity contribution >= 4 is 5.95 Å². The quantitative estimate of drug-likeness (QED) is 0.542. The number of hydrogen-bond acceptors (Lipinski definition) is 8. The van der Waals surface area contributed by atoms with Gasteiger partial charge in [0.05, 0.1) is 32.3 Å². The van der Waals surface area contributed by atoms with Crippen molar-refractivity contribution in [2.45, 2.75) is 26.1 Å². The van der Waals surface area contributed by atoms with Gasteiger partial charge < -0.3 is 14.2 Å². The minimum Gasteiger partial charge on any atom is -0.379 e. The summed E-state index contributed by atoms with van der Waals surface area (Å²) in [5, 5.41) is 9.33. The molecule has 1 aromatic carbocycles. The van der Waals surface area contributed by atoms with E-state index < -0.39 is 0 Å². The molecule has 9 heteroatoms. The van der Waals surface area contributed by atoms with E-state index in [-0.39, 0.29) is 6.04 Å². The fourth-order valence-electron chi connectivity index (χ4n) is 4.62. The predicted octanol–water partition coefficient (Wildman–Crippen LogP) is 1.83. The third-order valence-electron chi connectivity index (χ3n) is 6.55. The van der Waals surface area contributed by atoms with Crippen LogP contribution >= 0.6 is 0 Å². The predicted molar refractivity (Wildman–Crippen MR) is 126 cm³/mol. The SMILES string of the molecule is CC(c1ccccc1)n1c(CN2CCOCC2)nnc1CN1CCN(c2ncccn2)CC1. The molecular formula is C24H32N8O. The monoisotopic (exact) mass is 448 g/mol. The maximum atomic E-state index is 5.53. The van der Waals surface area contributed by atoms with Gasteiger partial charge in [0.15, 0.2) is 0 Å². The van der Waals surface area contributed by atoms with E-state index in [4.69, 9.17) is 4.74 Å². The number of anilines is 1. The molecule has 2 aromatic heterocycles. The summed E-state index contributed by atoms with van der Waals surface area (Å²) in [5.41, 5.74) is 1.27. The smallest absolute Gasteiger partial charge is 0.225 e. The molecule has 0 saturated carbocycles. The summed E-state index contributed by atoms with van der Waals surface area (Å²) in [4.78, 5) is 15.9. The van der Waals surface area contributed by atoms with Crippen molar-refractivity contribution in [1.82, 2.24) is 34.5 Å². The number of ether oxygens (including phenoxy) is 1. The van der Waals surface area contributed by atoms with Gasteiger partial charge in [0.1, 0.15) is 11.6 Å². The van der Waals surface area contributed by atoms with Crippen LogP contribution in [-0.2, 0) is 17.8 Å². The Morgan fingerprint density at radius 1 is 0.788 bits per heavy atom. The highest BCUT2D eigenvalue weighted by atomic mass is 16.5. The zero-order valence-electron chi connectivity index (χ0n) is 19.3. The van der Waals surface area contributed by atoms with Crippen LogP contribution in [0.25, 0.3) is 0 Å². The fraction of sp³-hybridized carbons (Fsp3) is 0.500. The number of morpholine rings is 1. The molecule has 2 saturated heterocycles. The lowest BCUT2D eigenvalue weighted by Crippen LogP contribution is -2.46. The van der Waals surface area contributed by atoms with Gasteiger partial charge in [-0.3, -0.25) is 9.80 Å². The Hall–Kier alpha value is -2.88. The molecule has 3 aromatic rings. The summed E-state index contributed by atoms with van der Waals surface area (Å²) in [6, 6.07) is 12.7. The molecular weight excluding hydrogens is 416 g/mol. The lowest BCUT2D eigenvalue weighted by Gasteiger charge is -2.34. The summed E-state index contributed by atoms with van der Waals surface area (Å²) in [5.74, 6) is 2.87. The summed E-state index contributed by atoms with van der Waals surface area (Å²) < 4.78 is 7.87. The van der Waals surface area contributed by atoms with Crippen molar-refractivity contribution in [1.29, 1.82) is 0 Å². The summed E-state index contributed by atoms with van der Waals surface area (Å²) in [7, 11) is 0. The first kappa shape index (κ1) is 21.9. The molecule has 2 aliphatic heterocycles. The van der Waals surface area contributed by atoms with Crippen LogP contribution in [0.3, 0.4) is 0 Å². The molecule has 5 rings (SSSR count). The average molecular weight is 449 g/mol. The van der Waals surface area contributed by atoms with E-state index in [9.17, 15) is 0 Å². The molecule has 0 bridgehead atoms. The molecule has 33 heavy (non-hydrogen) atoms. The Labute approximate surface area is 195 Å². The van der Waals surface area contributed by atoms with Crippen LogP contribution in [0.15, 0.2) is 48.8 Å². The van der Waals surface area contributed by atoms with Crippen LogP contribution in [0.4, 0.5) is 5.95 Å². The lowest BCUT2D eigenvalue weighted by molar-refractivity contribution is 0.0324. The van der Waals surface area contributed by atoms with E-state index in [1.165, 1.54) is 5.56 Å². The van der Waals surface area contributed by atoms with Gasteiger partial charge in [-0.15, -0.1) is 10.2 Å². The molecule has 0 aliphatic carbocycles. The second-order valence-corrected chi connectivity index (χ2v) is 8.69. The number of aromatic nitrogens is 5. The maximum absolute atomic E-state index is 5.53. The van der Waals surface area contributed by atoms with E-state index in [2.05, 4.69) is 76.7 Å². The van der Waals surface area contributed by atoms with Gasteiger partial charge in [-0.25, -0.2) is 9.97 Å². The van der Waals surface area contributed by atoms with Crippen molar-refractivity contribution < 1.29 is 4.74 Å². The van der Waals surface area contributed by atoms with Crippen molar-refractivity contribution in [3.05, 3.63) is 66.0 Å². The molecule has 1 atom stereocenters. The van der Waals surface area contributed by atoms with E-state index >= 15 is 0 Å². The summed E-state index contributed by atoms with van der Waals surface area (Å²) in [6.07, 6.45) is 3.61. The van der Waals surface area contributed by atoms with Crippen molar-refractivity contribution in [2.75, 3.05) is 57.4 Å². The first-order valence-corrected chi connectivity index (χ1v) is 11.8. The first-order chi connectivity index (χ1) is 16.3. The average Bonchev–Trinajstić information content (AvgIpc) is 3.27. The Bertz CT molecular complexity index is 998. The lowest BCUT2D eigenvalue weighted by atomic mass is 10.1. The highest BCUT2D eigenvalue weighted by Gasteiger charge is 2.25. The van der Waals surface area contributed by atoms with Crippen molar-refractivity contribution in [2.24, 2.45) is 0 Å². The largest absolute Gasteiger partial charge is 0.379 e. The van der Waals surface area contributed by atoms with Gasteiger partial charge in [0, 0.05) is 51.7 Å². The van der Waals surface area contributed by atoms with Gasteiger partial charge >= 0.3 is 0 Å². The highest BCUT2D eigenvalue weighted by Crippen LogP contribution is 2.23. The second-order valence-electron chi connectivity index (χ2n) is 8.69. The first-order valence-electron chi connectivity index (χ1n) is 11.8. The molecule has 0 amide bonds. The maximum Gasteiger partial charge on any atom is 0.225 e. The summed E-state index contributed by atoms with van der Waals surface area (Å²) in [6.45, 7) is 11.0. The zero-order chi connectivity index (χ0) is 22.5. The third-order valence-corrected chi connectivity index (χ3v) is 6.55. The fourth-order valence-corrected chi connectivity index (χ4v) is 4.62. The van der Waals surface area contributed by atoms with Crippen LogP contribution < -0.4 is 4.90 Å². The van der Waals surface area contributed by atoms with Crippen LogP contribution in [0.2, 0.25) is 0 Å². The Balaban J connectivity index is 1.32. The summed E-state index contributed by atoms with van der Waals surface area (Å²) >= 11 is 0. The molecule has 0 N–H and O–H groups in total. The van der Waals surface area contributed by atoms with E-state index in [1.807, 2.05) is 6.07 Å². The van der Waals surface area contributed by atoms with Gasteiger partial charge in [-0.2, -0.15) is 0 Å². The minimum atomic E-state index is 0.172. The third kappa shape index (κ3) is 5.21. The van der Waals surface area contributed by atoms with Crippen molar-refractivity contribution in [3.8, 4) is 0 Å². The van der Waals surface area contributed by atoms with Crippen LogP contribution in [0.5, 0.6) is 0 Å². The van der Waals surface area contributed by atoms with Crippen LogP contribution in [0, 0.1) is 0 Å². The molecule has 1 unspecified atom stereocenters. The van der Waals surface area contributed by atoms with E-state index in [0.29, 0.717) is 0 Å². The highest BCUT2D eigenvalue weighted by molar-refractivity contribution is 5.29. The number of piperazine rings is 1. The van der Waals surface area contributed by atoms with Crippen LogP contribution in [0.1, 0.15) is 30.2 Å². The van der Waals surface area contributed by atoms with Gasteiger partial charge in [-0.05, 0) is 18.6 Å². The molecule has 0 radical (unpaired) electrons. The van der Waals surface area contributed by atoms with Crippen molar-refractivity contribution in [3.63, 3.8) is 0 Å². The zero-order valence-corrected chi connectivity index (χ0v) is 19.3. The van der Waals surface area contributed by atoms with Crippen LogP contribution in [-0.4, -0.2) is 87.0 Å². The minimum absolute atomic E-state index is 0.172. The Morgan fingerprint density at radius 3 is 2.03 bits per heavy atom. The second kappa shape index (κ2) is 10.4. The normalized spacial score (nSPS) is 19.0. The molecule has 2 aliphatic rings. The topological polar surface area (TPSA) is 75.4 Å². The van der Waals surface area contributed by atoms with Gasteiger partial charge in [-0.1, -0.05) is 30.3 Å².